The topological polar surface area (TPSA) is 35.5 Å². The molecule has 1 aromatic rings. The maximum atomic E-state index is 11.2. The largest absolute Gasteiger partial charge is 0.489 e. The molecule has 0 spiro atoms. The van der Waals surface area contributed by atoms with Gasteiger partial charge in [0.2, 0.25) is 0 Å². The fourth-order valence-corrected chi connectivity index (χ4v) is 1.87. The molecule has 1 aliphatic rings. The Hall–Kier alpha value is -2.55. The van der Waals surface area contributed by atoms with E-state index in [1.807, 2.05) is 48.6 Å². The third kappa shape index (κ3) is 4.80. The van der Waals surface area contributed by atoms with E-state index in [4.69, 9.17) is 9.47 Å². The zero-order valence-corrected chi connectivity index (χ0v) is 12.0. The number of rotatable bonds is 6. The fraction of sp³-hybridized carbons (Fsp3) is 0.167. The van der Waals surface area contributed by atoms with Gasteiger partial charge in [-0.2, -0.15) is 0 Å². The lowest BCUT2D eigenvalue weighted by atomic mass is 10.1. The van der Waals surface area contributed by atoms with Gasteiger partial charge < -0.3 is 9.47 Å². The van der Waals surface area contributed by atoms with Crippen LogP contribution in [0.4, 0.5) is 0 Å². The molecule has 0 saturated carbocycles. The first-order valence-corrected chi connectivity index (χ1v) is 6.91. The van der Waals surface area contributed by atoms with Crippen molar-refractivity contribution in [3.8, 4) is 5.75 Å². The van der Waals surface area contributed by atoms with Crippen LogP contribution in [0.5, 0.6) is 5.75 Å². The summed E-state index contributed by atoms with van der Waals surface area (Å²) in [5, 5.41) is 0. The van der Waals surface area contributed by atoms with Crippen LogP contribution < -0.4 is 4.74 Å². The molecule has 0 fully saturated rings. The van der Waals surface area contributed by atoms with Gasteiger partial charge in [0.1, 0.15) is 12.4 Å². The zero-order chi connectivity index (χ0) is 14.9. The first-order valence-electron chi connectivity index (χ1n) is 6.91. The molecule has 1 aliphatic carbocycles. The SMILES string of the molecule is CCOC(=O)/C=C/COc1ccccc1C=C1C=CC=C1. The molecule has 3 heteroatoms. The molecule has 21 heavy (non-hydrogen) atoms. The summed E-state index contributed by atoms with van der Waals surface area (Å²) in [7, 11) is 0. The van der Waals surface area contributed by atoms with E-state index in [1.54, 1.807) is 13.0 Å². The minimum absolute atomic E-state index is 0.324. The number of carbonyl (C=O) groups is 1. The Bertz CT molecular complexity index is 593. The maximum Gasteiger partial charge on any atom is 0.330 e. The molecule has 2 rings (SSSR count). The van der Waals surface area contributed by atoms with Gasteiger partial charge in [-0.3, -0.25) is 0 Å². The van der Waals surface area contributed by atoms with Crippen LogP contribution >= 0.6 is 0 Å². The number of carbonyl (C=O) groups excluding carboxylic acids is 1. The summed E-state index contributed by atoms with van der Waals surface area (Å²) >= 11 is 0. The number of esters is 1. The number of benzene rings is 1. The Kier molecular flexibility index (Phi) is 5.59. The highest BCUT2D eigenvalue weighted by Gasteiger charge is 2.01. The van der Waals surface area contributed by atoms with Gasteiger partial charge in [-0.1, -0.05) is 42.5 Å². The molecular weight excluding hydrogens is 264 g/mol. The van der Waals surface area contributed by atoms with Crippen molar-refractivity contribution in [2.75, 3.05) is 13.2 Å². The van der Waals surface area contributed by atoms with Gasteiger partial charge in [0.25, 0.3) is 0 Å². The van der Waals surface area contributed by atoms with E-state index < -0.39 is 0 Å². The van der Waals surface area contributed by atoms with Crippen LogP contribution in [0.3, 0.4) is 0 Å². The third-order valence-electron chi connectivity index (χ3n) is 2.81. The minimum atomic E-state index is -0.349. The van der Waals surface area contributed by atoms with Crippen LogP contribution in [0.2, 0.25) is 0 Å². The Balaban J connectivity index is 1.97. The molecular formula is C18H18O3. The average molecular weight is 282 g/mol. The summed E-state index contributed by atoms with van der Waals surface area (Å²) in [6.45, 7) is 2.48. The van der Waals surface area contributed by atoms with Gasteiger partial charge in [-0.25, -0.2) is 4.79 Å². The van der Waals surface area contributed by atoms with Crippen molar-refractivity contribution >= 4 is 12.0 Å². The second-order valence-corrected chi connectivity index (χ2v) is 4.37. The second-order valence-electron chi connectivity index (χ2n) is 4.37. The van der Waals surface area contributed by atoms with Crippen molar-refractivity contribution in [2.45, 2.75) is 6.92 Å². The minimum Gasteiger partial charge on any atom is -0.489 e. The molecule has 0 saturated heterocycles. The first kappa shape index (κ1) is 14.9. The monoisotopic (exact) mass is 282 g/mol. The summed E-state index contributed by atoms with van der Waals surface area (Å²) < 4.78 is 10.5. The van der Waals surface area contributed by atoms with Crippen LogP contribution in [-0.2, 0) is 9.53 Å². The predicted molar refractivity (Wildman–Crippen MR) is 84.0 cm³/mol. The Morgan fingerprint density at radius 2 is 1.95 bits per heavy atom. The molecule has 1 aromatic carbocycles. The van der Waals surface area contributed by atoms with E-state index >= 15 is 0 Å². The highest BCUT2D eigenvalue weighted by molar-refractivity contribution is 5.81. The maximum absolute atomic E-state index is 11.2. The van der Waals surface area contributed by atoms with Gasteiger partial charge in [-0.05, 0) is 30.7 Å². The van der Waals surface area contributed by atoms with Crippen LogP contribution in [-0.4, -0.2) is 19.2 Å². The van der Waals surface area contributed by atoms with E-state index in [-0.39, 0.29) is 5.97 Å². The van der Waals surface area contributed by atoms with E-state index in [0.717, 1.165) is 16.9 Å². The Morgan fingerprint density at radius 1 is 1.19 bits per heavy atom. The fourth-order valence-electron chi connectivity index (χ4n) is 1.87. The van der Waals surface area contributed by atoms with E-state index in [9.17, 15) is 4.79 Å². The smallest absolute Gasteiger partial charge is 0.330 e. The van der Waals surface area contributed by atoms with Crippen molar-refractivity contribution in [1.82, 2.24) is 0 Å². The van der Waals surface area contributed by atoms with Crippen molar-refractivity contribution < 1.29 is 14.3 Å². The highest BCUT2D eigenvalue weighted by atomic mass is 16.5. The molecule has 3 nitrogen and oxygen atoms in total. The Labute approximate surface area is 124 Å². The number of hydrogen-bond donors (Lipinski definition) is 0. The highest BCUT2D eigenvalue weighted by Crippen LogP contribution is 2.22. The Morgan fingerprint density at radius 3 is 2.71 bits per heavy atom. The van der Waals surface area contributed by atoms with Crippen LogP contribution in [0.15, 0.2) is 66.3 Å². The van der Waals surface area contributed by atoms with Gasteiger partial charge >= 0.3 is 5.97 Å². The lowest BCUT2D eigenvalue weighted by Crippen LogP contribution is -2.01. The van der Waals surface area contributed by atoms with Gasteiger partial charge in [0, 0.05) is 11.6 Å². The number of allylic oxidation sites excluding steroid dienone is 5. The summed E-state index contributed by atoms with van der Waals surface area (Å²) in [5.74, 6) is 0.435. The second kappa shape index (κ2) is 7.90. The molecule has 0 bridgehead atoms. The summed E-state index contributed by atoms with van der Waals surface area (Å²) in [6.07, 6.45) is 13.2. The third-order valence-corrected chi connectivity index (χ3v) is 2.81. The molecule has 0 unspecified atom stereocenters. The predicted octanol–water partition coefficient (Wildman–Crippen LogP) is 3.69. The van der Waals surface area contributed by atoms with E-state index in [0.29, 0.717) is 13.2 Å². The van der Waals surface area contributed by atoms with Crippen LogP contribution in [0, 0.1) is 0 Å². The molecule has 0 heterocycles. The zero-order valence-electron chi connectivity index (χ0n) is 12.0. The number of ether oxygens (including phenoxy) is 2. The lowest BCUT2D eigenvalue weighted by molar-refractivity contribution is -0.137. The molecule has 0 radical (unpaired) electrons. The molecule has 0 amide bonds. The first-order chi connectivity index (χ1) is 10.3. The summed E-state index contributed by atoms with van der Waals surface area (Å²) in [6, 6.07) is 7.80. The van der Waals surface area contributed by atoms with Gasteiger partial charge in [-0.15, -0.1) is 0 Å². The van der Waals surface area contributed by atoms with Crippen molar-refractivity contribution in [3.05, 3.63) is 71.9 Å². The van der Waals surface area contributed by atoms with Crippen molar-refractivity contribution in [3.63, 3.8) is 0 Å². The van der Waals surface area contributed by atoms with E-state index in [2.05, 4.69) is 6.08 Å². The standard InChI is InChI=1S/C18H18O3/c1-2-20-18(19)12-7-13-21-17-11-6-5-10-16(17)14-15-8-3-4-9-15/h3-12,14H,2,13H2,1H3/b12-7+. The normalized spacial score (nSPS) is 12.9. The quantitative estimate of drug-likeness (QED) is 0.589. The average Bonchev–Trinajstić information content (AvgIpc) is 2.98. The molecule has 0 N–H and O–H groups in total. The van der Waals surface area contributed by atoms with Crippen LogP contribution in [0.1, 0.15) is 12.5 Å². The number of para-hydroxylation sites is 1. The lowest BCUT2D eigenvalue weighted by Gasteiger charge is -2.07. The summed E-state index contributed by atoms with van der Waals surface area (Å²) in [4.78, 5) is 11.2. The van der Waals surface area contributed by atoms with Crippen molar-refractivity contribution in [1.29, 1.82) is 0 Å². The molecule has 0 aromatic heterocycles. The molecule has 0 atom stereocenters. The van der Waals surface area contributed by atoms with Gasteiger partial charge in [0.15, 0.2) is 0 Å². The molecule has 108 valence electrons. The van der Waals surface area contributed by atoms with Crippen molar-refractivity contribution in [2.24, 2.45) is 0 Å². The van der Waals surface area contributed by atoms with Crippen LogP contribution in [0.25, 0.3) is 6.08 Å². The van der Waals surface area contributed by atoms with E-state index in [1.165, 1.54) is 6.08 Å². The number of hydrogen-bond acceptors (Lipinski definition) is 3. The van der Waals surface area contributed by atoms with Gasteiger partial charge in [0.05, 0.1) is 6.61 Å². The molecule has 0 aliphatic heterocycles. The summed E-state index contributed by atoms with van der Waals surface area (Å²) in [5.41, 5.74) is 2.14.